The zero-order valence-electron chi connectivity index (χ0n) is 12.8. The number of hydrogen-bond acceptors (Lipinski definition) is 2. The molecule has 118 valence electrons. The number of aryl methyl sites for hydroxylation is 1. The second-order valence-electron chi connectivity index (χ2n) is 5.21. The van der Waals surface area contributed by atoms with Gasteiger partial charge in [0.05, 0.1) is 13.1 Å². The average molecular weight is 405 g/mol. The summed E-state index contributed by atoms with van der Waals surface area (Å²) < 4.78 is 2.07. The topological polar surface area (TPSA) is 61.7 Å². The Morgan fingerprint density at radius 1 is 1.52 bits per heavy atom. The normalized spacial score (nSPS) is 14.3. The molecule has 0 radical (unpaired) electrons. The highest BCUT2D eigenvalue weighted by Crippen LogP contribution is 2.18. The quantitative estimate of drug-likeness (QED) is 0.435. The van der Waals surface area contributed by atoms with Crippen molar-refractivity contribution in [2.75, 3.05) is 20.6 Å². The summed E-state index contributed by atoms with van der Waals surface area (Å²) in [7, 11) is 5.70. The van der Waals surface area contributed by atoms with Crippen LogP contribution in [0.1, 0.15) is 18.5 Å². The minimum Gasteiger partial charge on any atom is -0.353 e. The van der Waals surface area contributed by atoms with Gasteiger partial charge in [-0.2, -0.15) is 0 Å². The molecule has 2 rings (SSSR count). The fraction of sp³-hybridized carbons (Fsp3) is 0.571. The molecule has 1 aliphatic carbocycles. The molecule has 0 saturated heterocycles. The lowest BCUT2D eigenvalue weighted by Gasteiger charge is -2.22. The van der Waals surface area contributed by atoms with Crippen LogP contribution in [0, 0.1) is 0 Å². The molecule has 0 aliphatic heterocycles. The summed E-state index contributed by atoms with van der Waals surface area (Å²) in [4.78, 5) is 17.9. The fourth-order valence-corrected chi connectivity index (χ4v) is 2.03. The third-order valence-corrected chi connectivity index (χ3v) is 3.37. The highest BCUT2D eigenvalue weighted by molar-refractivity contribution is 14.0. The number of rotatable bonds is 5. The van der Waals surface area contributed by atoms with Crippen LogP contribution >= 0.6 is 24.0 Å². The zero-order valence-corrected chi connectivity index (χ0v) is 15.1. The molecule has 1 fully saturated rings. The molecule has 0 unspecified atom stereocenters. The van der Waals surface area contributed by atoms with Crippen LogP contribution in [0.3, 0.4) is 0 Å². The summed E-state index contributed by atoms with van der Waals surface area (Å²) in [5.41, 5.74) is 1.19. The molecule has 0 atom stereocenters. The predicted molar refractivity (Wildman–Crippen MR) is 94.8 cm³/mol. The van der Waals surface area contributed by atoms with Crippen molar-refractivity contribution >= 4 is 35.8 Å². The number of nitrogens with one attached hydrogen (secondary N) is 2. The van der Waals surface area contributed by atoms with Crippen molar-refractivity contribution in [3.8, 4) is 0 Å². The first-order valence-electron chi connectivity index (χ1n) is 6.91. The Bertz CT molecular complexity index is 495. The molecular weight excluding hydrogens is 381 g/mol. The van der Waals surface area contributed by atoms with Crippen LogP contribution in [-0.4, -0.2) is 48.0 Å². The molecule has 7 heteroatoms. The Kier molecular flexibility index (Phi) is 7.00. The minimum atomic E-state index is 0. The molecule has 1 amide bonds. The zero-order chi connectivity index (χ0) is 14.5. The van der Waals surface area contributed by atoms with Crippen molar-refractivity contribution in [1.82, 2.24) is 20.1 Å². The molecule has 0 aromatic carbocycles. The van der Waals surface area contributed by atoms with Gasteiger partial charge < -0.3 is 20.1 Å². The number of carbonyl (C=O) groups is 1. The van der Waals surface area contributed by atoms with Gasteiger partial charge in [-0.15, -0.1) is 24.0 Å². The second kappa shape index (κ2) is 8.26. The third-order valence-electron chi connectivity index (χ3n) is 3.37. The fourth-order valence-electron chi connectivity index (χ4n) is 2.03. The maximum absolute atomic E-state index is 11.7. The van der Waals surface area contributed by atoms with Gasteiger partial charge in [-0.25, -0.2) is 0 Å². The molecular formula is C14H24IN5O. The molecule has 1 aromatic heterocycles. The van der Waals surface area contributed by atoms with Crippen LogP contribution in [0.4, 0.5) is 0 Å². The number of nitrogens with zero attached hydrogens (tertiary/aromatic N) is 3. The number of aromatic nitrogens is 1. The van der Waals surface area contributed by atoms with Gasteiger partial charge in [0.15, 0.2) is 5.96 Å². The number of hydrogen-bond donors (Lipinski definition) is 2. The van der Waals surface area contributed by atoms with Crippen molar-refractivity contribution in [2.24, 2.45) is 12.0 Å². The number of amides is 1. The van der Waals surface area contributed by atoms with Gasteiger partial charge >= 0.3 is 0 Å². The van der Waals surface area contributed by atoms with E-state index in [1.807, 2.05) is 31.3 Å². The molecule has 0 bridgehead atoms. The average Bonchev–Trinajstić information content (AvgIpc) is 3.13. The van der Waals surface area contributed by atoms with E-state index in [0.29, 0.717) is 6.04 Å². The van der Waals surface area contributed by atoms with Gasteiger partial charge in [-0.05, 0) is 25.0 Å². The molecule has 1 heterocycles. The second-order valence-corrected chi connectivity index (χ2v) is 5.21. The van der Waals surface area contributed by atoms with Crippen molar-refractivity contribution in [3.63, 3.8) is 0 Å². The first-order chi connectivity index (χ1) is 9.60. The lowest BCUT2D eigenvalue weighted by atomic mass is 10.4. The molecule has 21 heavy (non-hydrogen) atoms. The van der Waals surface area contributed by atoms with Gasteiger partial charge in [0, 0.05) is 39.1 Å². The van der Waals surface area contributed by atoms with E-state index in [0.717, 1.165) is 25.3 Å². The van der Waals surface area contributed by atoms with Gasteiger partial charge in [0.2, 0.25) is 5.91 Å². The summed E-state index contributed by atoms with van der Waals surface area (Å²) in [5.74, 6) is 0.748. The highest BCUT2D eigenvalue weighted by atomic mass is 127. The molecule has 2 N–H and O–H groups in total. The SMILES string of the molecule is CN=C(NCC(=O)NC1CC1)N(C)Cc1cccn1C.I. The van der Waals surface area contributed by atoms with Gasteiger partial charge in [-0.1, -0.05) is 0 Å². The Hall–Kier alpha value is -1.25. The highest BCUT2D eigenvalue weighted by Gasteiger charge is 2.23. The van der Waals surface area contributed by atoms with Gasteiger partial charge in [0.1, 0.15) is 0 Å². The Balaban J connectivity index is 0.00000220. The summed E-state index contributed by atoms with van der Waals surface area (Å²) in [5, 5.41) is 6.04. The van der Waals surface area contributed by atoms with Crippen LogP contribution in [0.15, 0.2) is 23.3 Å². The van der Waals surface area contributed by atoms with Crippen LogP contribution in [-0.2, 0) is 18.4 Å². The molecule has 1 saturated carbocycles. The van der Waals surface area contributed by atoms with E-state index in [1.54, 1.807) is 7.05 Å². The lowest BCUT2D eigenvalue weighted by Crippen LogP contribution is -2.44. The molecule has 6 nitrogen and oxygen atoms in total. The van der Waals surface area contributed by atoms with Gasteiger partial charge in [-0.3, -0.25) is 9.79 Å². The maximum atomic E-state index is 11.7. The number of halogens is 1. The summed E-state index contributed by atoms with van der Waals surface area (Å²) in [6, 6.07) is 4.49. The van der Waals surface area contributed by atoms with E-state index in [1.165, 1.54) is 5.69 Å². The smallest absolute Gasteiger partial charge is 0.239 e. The van der Waals surface area contributed by atoms with Crippen LogP contribution in [0.2, 0.25) is 0 Å². The number of aliphatic imine (C=N–C) groups is 1. The first-order valence-corrected chi connectivity index (χ1v) is 6.91. The molecule has 1 aliphatic rings. The van der Waals surface area contributed by atoms with Crippen molar-refractivity contribution in [3.05, 3.63) is 24.0 Å². The van der Waals surface area contributed by atoms with E-state index < -0.39 is 0 Å². The van der Waals surface area contributed by atoms with E-state index in [4.69, 9.17) is 0 Å². The van der Waals surface area contributed by atoms with Crippen molar-refractivity contribution < 1.29 is 4.79 Å². The predicted octanol–water partition coefficient (Wildman–Crippen LogP) is 0.929. The maximum Gasteiger partial charge on any atom is 0.239 e. The molecule has 0 spiro atoms. The number of guanidine groups is 1. The van der Waals surface area contributed by atoms with Crippen molar-refractivity contribution in [1.29, 1.82) is 0 Å². The van der Waals surface area contributed by atoms with Gasteiger partial charge in [0.25, 0.3) is 0 Å². The van der Waals surface area contributed by atoms with Crippen LogP contribution < -0.4 is 10.6 Å². The van der Waals surface area contributed by atoms with E-state index in [-0.39, 0.29) is 36.4 Å². The van der Waals surface area contributed by atoms with Crippen LogP contribution in [0.5, 0.6) is 0 Å². The summed E-state index contributed by atoms with van der Waals surface area (Å²) in [6.45, 7) is 1.01. The van der Waals surface area contributed by atoms with E-state index in [2.05, 4.69) is 26.3 Å². The summed E-state index contributed by atoms with van der Waals surface area (Å²) >= 11 is 0. The standard InChI is InChI=1S/C14H23N5O.HI/c1-15-14(16-9-13(20)17-11-6-7-11)19(3)10-12-5-4-8-18(12)2;/h4-5,8,11H,6-7,9-10H2,1-3H3,(H,15,16)(H,17,20);1H. The van der Waals surface area contributed by atoms with Crippen LogP contribution in [0.25, 0.3) is 0 Å². The largest absolute Gasteiger partial charge is 0.353 e. The third kappa shape index (κ3) is 5.56. The first kappa shape index (κ1) is 17.8. The summed E-state index contributed by atoms with van der Waals surface area (Å²) in [6.07, 6.45) is 4.23. The molecule has 1 aromatic rings. The Morgan fingerprint density at radius 2 is 2.24 bits per heavy atom. The number of carbonyl (C=O) groups excluding carboxylic acids is 1. The lowest BCUT2D eigenvalue weighted by molar-refractivity contribution is -0.120. The minimum absolute atomic E-state index is 0. The monoisotopic (exact) mass is 405 g/mol. The van der Waals surface area contributed by atoms with Crippen molar-refractivity contribution in [2.45, 2.75) is 25.4 Å². The van der Waals surface area contributed by atoms with E-state index in [9.17, 15) is 4.79 Å². The van der Waals surface area contributed by atoms with E-state index >= 15 is 0 Å². The Morgan fingerprint density at radius 3 is 2.76 bits per heavy atom. The Labute approximate surface area is 143 Å².